The molecule has 0 aromatic heterocycles. The van der Waals surface area contributed by atoms with Crippen LogP contribution in [0.4, 0.5) is 0 Å². The van der Waals surface area contributed by atoms with Crippen LogP contribution < -0.4 is 10.1 Å². The zero-order valence-corrected chi connectivity index (χ0v) is 14.4. The van der Waals surface area contributed by atoms with E-state index in [-0.39, 0.29) is 17.9 Å². The summed E-state index contributed by atoms with van der Waals surface area (Å²) in [6, 6.07) is 16.3. The van der Waals surface area contributed by atoms with Gasteiger partial charge in [0.05, 0.1) is 18.6 Å². The molecule has 1 aliphatic rings. The molecular formula is C21H25NO2. The summed E-state index contributed by atoms with van der Waals surface area (Å²) >= 11 is 0. The maximum Gasteiger partial charge on any atom is 0.228 e. The maximum atomic E-state index is 12.8. The molecule has 0 saturated carbocycles. The number of hydrogen-bond donors (Lipinski definition) is 1. The van der Waals surface area contributed by atoms with E-state index in [1.54, 1.807) is 0 Å². The maximum absolute atomic E-state index is 12.8. The second kappa shape index (κ2) is 7.52. The number of hydrogen-bond acceptors (Lipinski definition) is 2. The summed E-state index contributed by atoms with van der Waals surface area (Å²) in [5, 5.41) is 3.18. The van der Waals surface area contributed by atoms with Crippen LogP contribution in [0, 0.1) is 0 Å². The van der Waals surface area contributed by atoms with Crippen molar-refractivity contribution in [3.8, 4) is 5.75 Å². The number of ether oxygens (including phenoxy) is 1. The molecule has 2 aromatic rings. The van der Waals surface area contributed by atoms with E-state index in [2.05, 4.69) is 23.5 Å². The lowest BCUT2D eigenvalue weighted by atomic mass is 9.82. The van der Waals surface area contributed by atoms with Crippen LogP contribution in [0.3, 0.4) is 0 Å². The number of fused-ring (bicyclic) bond motifs is 1. The average Bonchev–Trinajstić information content (AvgIpc) is 2.62. The Morgan fingerprint density at radius 3 is 2.71 bits per heavy atom. The summed E-state index contributed by atoms with van der Waals surface area (Å²) in [7, 11) is 0. The lowest BCUT2D eigenvalue weighted by molar-refractivity contribution is -0.123. The van der Waals surface area contributed by atoms with Crippen LogP contribution in [0.15, 0.2) is 48.5 Å². The van der Waals surface area contributed by atoms with Gasteiger partial charge in [-0.05, 0) is 61.9 Å². The third-order valence-corrected chi connectivity index (χ3v) is 4.74. The first-order valence-corrected chi connectivity index (χ1v) is 8.80. The molecule has 0 aliphatic heterocycles. The van der Waals surface area contributed by atoms with Gasteiger partial charge in [0.25, 0.3) is 0 Å². The Bertz CT molecular complexity index is 693. The highest BCUT2D eigenvalue weighted by molar-refractivity contribution is 5.84. The van der Waals surface area contributed by atoms with Gasteiger partial charge in [0.1, 0.15) is 5.75 Å². The SMILES string of the molecule is CCOc1ccc(C(C)NC(=O)C2CCCc3ccccc32)cc1. The average molecular weight is 323 g/mol. The molecule has 0 fully saturated rings. The number of benzene rings is 2. The molecule has 2 atom stereocenters. The number of rotatable bonds is 5. The van der Waals surface area contributed by atoms with Gasteiger partial charge in [0, 0.05) is 0 Å². The highest BCUT2D eigenvalue weighted by atomic mass is 16.5. The molecule has 2 aromatic carbocycles. The molecule has 1 N–H and O–H groups in total. The Morgan fingerprint density at radius 2 is 1.96 bits per heavy atom. The first-order chi connectivity index (χ1) is 11.7. The largest absolute Gasteiger partial charge is 0.494 e. The van der Waals surface area contributed by atoms with E-state index in [0.717, 1.165) is 30.6 Å². The zero-order chi connectivity index (χ0) is 16.9. The van der Waals surface area contributed by atoms with Gasteiger partial charge in [-0.15, -0.1) is 0 Å². The fourth-order valence-electron chi connectivity index (χ4n) is 3.44. The van der Waals surface area contributed by atoms with Crippen LogP contribution >= 0.6 is 0 Å². The van der Waals surface area contributed by atoms with Crippen molar-refractivity contribution in [2.75, 3.05) is 6.61 Å². The van der Waals surface area contributed by atoms with E-state index < -0.39 is 0 Å². The molecule has 2 unspecified atom stereocenters. The summed E-state index contributed by atoms with van der Waals surface area (Å²) in [5.74, 6) is 0.963. The molecule has 0 saturated heterocycles. The lowest BCUT2D eigenvalue weighted by Gasteiger charge is -2.26. The quantitative estimate of drug-likeness (QED) is 0.886. The van der Waals surface area contributed by atoms with Crippen LogP contribution in [0.5, 0.6) is 5.75 Å². The van der Waals surface area contributed by atoms with Crippen molar-refractivity contribution < 1.29 is 9.53 Å². The minimum absolute atomic E-state index is 0.0118. The third-order valence-electron chi connectivity index (χ3n) is 4.74. The fraction of sp³-hybridized carbons (Fsp3) is 0.381. The van der Waals surface area contributed by atoms with Gasteiger partial charge in [-0.2, -0.15) is 0 Å². The van der Waals surface area contributed by atoms with Crippen LogP contribution in [0.1, 0.15) is 55.3 Å². The van der Waals surface area contributed by atoms with Gasteiger partial charge in [0.15, 0.2) is 0 Å². The minimum atomic E-state index is -0.0277. The van der Waals surface area contributed by atoms with Crippen molar-refractivity contribution in [1.29, 1.82) is 0 Å². The third kappa shape index (κ3) is 3.61. The van der Waals surface area contributed by atoms with E-state index in [0.29, 0.717) is 6.61 Å². The van der Waals surface area contributed by atoms with Gasteiger partial charge in [-0.3, -0.25) is 4.79 Å². The predicted octanol–water partition coefficient (Wildman–Crippen LogP) is 4.38. The Hall–Kier alpha value is -2.29. The van der Waals surface area contributed by atoms with Gasteiger partial charge >= 0.3 is 0 Å². The van der Waals surface area contributed by atoms with Crippen LogP contribution in [0.25, 0.3) is 0 Å². The van der Waals surface area contributed by atoms with Gasteiger partial charge in [0.2, 0.25) is 5.91 Å². The second-order valence-electron chi connectivity index (χ2n) is 6.38. The molecule has 3 nitrogen and oxygen atoms in total. The topological polar surface area (TPSA) is 38.3 Å². The fourth-order valence-corrected chi connectivity index (χ4v) is 3.44. The molecule has 0 bridgehead atoms. The first kappa shape index (κ1) is 16.6. The number of amides is 1. The molecule has 0 heterocycles. The van der Waals surface area contributed by atoms with Crippen molar-refractivity contribution in [3.63, 3.8) is 0 Å². The van der Waals surface area contributed by atoms with E-state index in [1.807, 2.05) is 44.2 Å². The molecule has 0 spiro atoms. The number of carbonyl (C=O) groups excluding carboxylic acids is 1. The molecule has 0 radical (unpaired) electrons. The van der Waals surface area contributed by atoms with E-state index in [4.69, 9.17) is 4.74 Å². The lowest BCUT2D eigenvalue weighted by Crippen LogP contribution is -2.33. The van der Waals surface area contributed by atoms with E-state index in [1.165, 1.54) is 11.1 Å². The van der Waals surface area contributed by atoms with Gasteiger partial charge in [-0.1, -0.05) is 36.4 Å². The summed E-state index contributed by atoms with van der Waals surface area (Å²) in [6.45, 7) is 4.66. The van der Waals surface area contributed by atoms with Crippen LogP contribution in [-0.2, 0) is 11.2 Å². The van der Waals surface area contributed by atoms with Crippen molar-refractivity contribution in [2.24, 2.45) is 0 Å². The smallest absolute Gasteiger partial charge is 0.228 e. The summed E-state index contributed by atoms with van der Waals surface area (Å²) < 4.78 is 5.47. The molecule has 1 aliphatic carbocycles. The molecule has 1 amide bonds. The molecule has 3 heteroatoms. The highest BCUT2D eigenvalue weighted by Crippen LogP contribution is 2.32. The van der Waals surface area contributed by atoms with E-state index in [9.17, 15) is 4.79 Å². The monoisotopic (exact) mass is 323 g/mol. The van der Waals surface area contributed by atoms with Crippen molar-refractivity contribution >= 4 is 5.91 Å². The van der Waals surface area contributed by atoms with Gasteiger partial charge in [-0.25, -0.2) is 0 Å². The normalized spacial score (nSPS) is 17.7. The Morgan fingerprint density at radius 1 is 1.21 bits per heavy atom. The summed E-state index contributed by atoms with van der Waals surface area (Å²) in [5.41, 5.74) is 3.61. The Kier molecular flexibility index (Phi) is 5.19. The van der Waals surface area contributed by atoms with Crippen molar-refractivity contribution in [1.82, 2.24) is 5.32 Å². The Labute approximate surface area is 144 Å². The standard InChI is InChI=1S/C21H25NO2/c1-3-24-18-13-11-16(12-14-18)15(2)22-21(23)20-10-6-8-17-7-4-5-9-19(17)20/h4-5,7,9,11-15,20H,3,6,8,10H2,1-2H3,(H,22,23). The number of carbonyl (C=O) groups is 1. The molecule has 126 valence electrons. The number of nitrogens with one attached hydrogen (secondary N) is 1. The van der Waals surface area contributed by atoms with E-state index >= 15 is 0 Å². The van der Waals surface area contributed by atoms with Gasteiger partial charge < -0.3 is 10.1 Å². The summed E-state index contributed by atoms with van der Waals surface area (Å²) in [4.78, 5) is 12.8. The number of aryl methyl sites for hydroxylation is 1. The van der Waals surface area contributed by atoms with Crippen molar-refractivity contribution in [2.45, 2.75) is 45.1 Å². The zero-order valence-electron chi connectivity index (χ0n) is 14.4. The first-order valence-electron chi connectivity index (χ1n) is 8.80. The molecule has 24 heavy (non-hydrogen) atoms. The van der Waals surface area contributed by atoms with Crippen LogP contribution in [0.2, 0.25) is 0 Å². The highest BCUT2D eigenvalue weighted by Gasteiger charge is 2.27. The van der Waals surface area contributed by atoms with Crippen molar-refractivity contribution in [3.05, 3.63) is 65.2 Å². The Balaban J connectivity index is 1.68. The minimum Gasteiger partial charge on any atom is -0.494 e. The predicted molar refractivity (Wildman–Crippen MR) is 96.3 cm³/mol. The molecule has 3 rings (SSSR count). The molecular weight excluding hydrogens is 298 g/mol. The summed E-state index contributed by atoms with van der Waals surface area (Å²) in [6.07, 6.45) is 3.08. The van der Waals surface area contributed by atoms with Crippen LogP contribution in [-0.4, -0.2) is 12.5 Å². The second-order valence-corrected chi connectivity index (χ2v) is 6.38.